The Morgan fingerprint density at radius 3 is 2.96 bits per heavy atom. The average Bonchev–Trinajstić information content (AvgIpc) is 2.66. The molecule has 1 atom stereocenters. The molecule has 3 aromatic rings. The Morgan fingerprint density at radius 2 is 2.04 bits per heavy atom. The summed E-state index contributed by atoms with van der Waals surface area (Å²) >= 11 is 0. The smallest absolute Gasteiger partial charge is 0.120 e. The van der Waals surface area contributed by atoms with Crippen LogP contribution in [0.25, 0.3) is 10.8 Å². The number of hydrogen-bond acceptors (Lipinski definition) is 5. The van der Waals surface area contributed by atoms with Crippen molar-refractivity contribution in [1.29, 1.82) is 0 Å². The van der Waals surface area contributed by atoms with Crippen LogP contribution in [-0.4, -0.2) is 45.8 Å². The Bertz CT molecular complexity index is 868. The summed E-state index contributed by atoms with van der Waals surface area (Å²) in [6, 6.07) is 14.2. The summed E-state index contributed by atoms with van der Waals surface area (Å²) < 4.78 is 5.78. The molecule has 1 aliphatic rings. The summed E-state index contributed by atoms with van der Waals surface area (Å²) in [5.74, 6) is 0.787. The van der Waals surface area contributed by atoms with Gasteiger partial charge in [-0.25, -0.2) is 9.97 Å². The fraction of sp³-hybridized carbons (Fsp3) is 0.300. The number of aliphatic hydroxyl groups excluding tert-OH is 1. The molecule has 1 N–H and O–H groups in total. The standard InChI is InChI=1S/C20H21N3O2/c24-18(11-23-8-7-17-10-21-14-22-20(17)12-23)13-25-19-6-5-15-3-1-2-4-16(15)9-19/h1-6,9-10,14,18,24H,7-8,11-13H2/t18-/m0/s1. The predicted octanol–water partition coefficient (Wildman–Crippen LogP) is 2.43. The molecule has 5 nitrogen and oxygen atoms in total. The monoisotopic (exact) mass is 335 g/mol. The van der Waals surface area contributed by atoms with E-state index in [0.717, 1.165) is 36.3 Å². The van der Waals surface area contributed by atoms with E-state index < -0.39 is 6.10 Å². The van der Waals surface area contributed by atoms with Crippen LogP contribution in [0, 0.1) is 0 Å². The molecule has 0 spiro atoms. The van der Waals surface area contributed by atoms with Gasteiger partial charge in [0.15, 0.2) is 0 Å². The van der Waals surface area contributed by atoms with Crippen molar-refractivity contribution in [2.45, 2.75) is 19.1 Å². The van der Waals surface area contributed by atoms with E-state index in [-0.39, 0.29) is 6.61 Å². The van der Waals surface area contributed by atoms with Crippen LogP contribution in [0.1, 0.15) is 11.3 Å². The number of hydrogen-bond donors (Lipinski definition) is 1. The Kier molecular flexibility index (Phi) is 4.59. The second-order valence-corrected chi connectivity index (χ2v) is 6.45. The Labute approximate surface area is 146 Å². The molecule has 5 heteroatoms. The van der Waals surface area contributed by atoms with Gasteiger partial charge in [-0.1, -0.05) is 30.3 Å². The second-order valence-electron chi connectivity index (χ2n) is 6.45. The lowest BCUT2D eigenvalue weighted by Crippen LogP contribution is -2.39. The van der Waals surface area contributed by atoms with Crippen LogP contribution in [-0.2, 0) is 13.0 Å². The normalized spacial score (nSPS) is 15.7. The maximum absolute atomic E-state index is 10.3. The third-order valence-electron chi connectivity index (χ3n) is 4.58. The predicted molar refractivity (Wildman–Crippen MR) is 96.5 cm³/mol. The molecule has 0 amide bonds. The van der Waals surface area contributed by atoms with Gasteiger partial charge in [-0.15, -0.1) is 0 Å². The van der Waals surface area contributed by atoms with Gasteiger partial charge < -0.3 is 9.84 Å². The van der Waals surface area contributed by atoms with E-state index in [9.17, 15) is 5.11 Å². The van der Waals surface area contributed by atoms with E-state index in [2.05, 4.69) is 27.0 Å². The summed E-state index contributed by atoms with van der Waals surface area (Å²) in [4.78, 5) is 10.6. The molecular weight excluding hydrogens is 314 g/mol. The van der Waals surface area contributed by atoms with E-state index in [1.54, 1.807) is 6.33 Å². The van der Waals surface area contributed by atoms with Gasteiger partial charge in [0, 0.05) is 25.8 Å². The quantitative estimate of drug-likeness (QED) is 0.776. The lowest BCUT2D eigenvalue weighted by atomic mass is 10.1. The van der Waals surface area contributed by atoms with Crippen molar-refractivity contribution in [3.05, 3.63) is 66.2 Å². The maximum atomic E-state index is 10.3. The van der Waals surface area contributed by atoms with Gasteiger partial charge in [-0.3, -0.25) is 4.90 Å². The first-order chi connectivity index (χ1) is 12.3. The molecule has 0 saturated heterocycles. The highest BCUT2D eigenvalue weighted by molar-refractivity contribution is 5.83. The first kappa shape index (κ1) is 16.0. The molecule has 1 aliphatic heterocycles. The Morgan fingerprint density at radius 1 is 1.16 bits per heavy atom. The fourth-order valence-corrected chi connectivity index (χ4v) is 3.26. The number of fused-ring (bicyclic) bond motifs is 2. The number of β-amino-alcohol motifs (C(OH)–C–C–N with tert-alkyl or cyclic N) is 1. The molecule has 25 heavy (non-hydrogen) atoms. The van der Waals surface area contributed by atoms with Gasteiger partial charge in [0.2, 0.25) is 0 Å². The third kappa shape index (κ3) is 3.78. The Hall–Kier alpha value is -2.50. The molecule has 0 aliphatic carbocycles. The van der Waals surface area contributed by atoms with Crippen molar-refractivity contribution < 1.29 is 9.84 Å². The largest absolute Gasteiger partial charge is 0.491 e. The van der Waals surface area contributed by atoms with Crippen molar-refractivity contribution in [2.75, 3.05) is 19.7 Å². The number of aromatic nitrogens is 2. The summed E-state index contributed by atoms with van der Waals surface area (Å²) in [5.41, 5.74) is 2.27. The zero-order chi connectivity index (χ0) is 17.1. The topological polar surface area (TPSA) is 58.5 Å². The zero-order valence-corrected chi connectivity index (χ0v) is 14.0. The summed E-state index contributed by atoms with van der Waals surface area (Å²) in [6.07, 6.45) is 3.87. The molecule has 0 unspecified atom stereocenters. The average molecular weight is 335 g/mol. The molecule has 2 heterocycles. The second kappa shape index (κ2) is 7.17. The molecule has 1 aromatic heterocycles. The minimum absolute atomic E-state index is 0.283. The van der Waals surface area contributed by atoms with Crippen LogP contribution in [0.15, 0.2) is 55.0 Å². The van der Waals surface area contributed by atoms with Gasteiger partial charge in [-0.05, 0) is 34.9 Å². The molecule has 0 radical (unpaired) electrons. The fourth-order valence-electron chi connectivity index (χ4n) is 3.26. The van der Waals surface area contributed by atoms with Gasteiger partial charge in [-0.2, -0.15) is 0 Å². The van der Waals surface area contributed by atoms with E-state index >= 15 is 0 Å². The van der Waals surface area contributed by atoms with Crippen LogP contribution >= 0.6 is 0 Å². The SMILES string of the molecule is O[C@H](COc1ccc2ccccc2c1)CN1CCc2cncnc2C1. The molecule has 0 bridgehead atoms. The molecule has 4 rings (SSSR count). The number of ether oxygens (including phenoxy) is 1. The highest BCUT2D eigenvalue weighted by atomic mass is 16.5. The van der Waals surface area contributed by atoms with E-state index in [0.29, 0.717) is 6.54 Å². The molecule has 0 saturated carbocycles. The lowest BCUT2D eigenvalue weighted by Gasteiger charge is -2.29. The minimum Gasteiger partial charge on any atom is -0.491 e. The number of rotatable bonds is 5. The zero-order valence-electron chi connectivity index (χ0n) is 14.0. The molecule has 128 valence electrons. The first-order valence-electron chi connectivity index (χ1n) is 8.58. The van der Waals surface area contributed by atoms with Crippen molar-refractivity contribution in [1.82, 2.24) is 14.9 Å². The number of nitrogens with zero attached hydrogens (tertiary/aromatic N) is 3. The van der Waals surface area contributed by atoms with Crippen LogP contribution in [0.5, 0.6) is 5.75 Å². The third-order valence-corrected chi connectivity index (χ3v) is 4.58. The number of benzene rings is 2. The van der Waals surface area contributed by atoms with Gasteiger partial charge in [0.05, 0.1) is 5.69 Å². The van der Waals surface area contributed by atoms with E-state index in [4.69, 9.17) is 4.74 Å². The Balaban J connectivity index is 1.32. The van der Waals surface area contributed by atoms with E-state index in [1.807, 2.05) is 36.5 Å². The summed E-state index contributed by atoms with van der Waals surface area (Å²) in [7, 11) is 0. The summed E-state index contributed by atoms with van der Waals surface area (Å²) in [6.45, 7) is 2.53. The van der Waals surface area contributed by atoms with Crippen LogP contribution in [0.4, 0.5) is 0 Å². The van der Waals surface area contributed by atoms with Crippen LogP contribution < -0.4 is 4.74 Å². The van der Waals surface area contributed by atoms with E-state index in [1.165, 1.54) is 10.9 Å². The van der Waals surface area contributed by atoms with Gasteiger partial charge in [0.1, 0.15) is 24.8 Å². The summed E-state index contributed by atoms with van der Waals surface area (Å²) in [5, 5.41) is 12.6. The molecule has 0 fully saturated rings. The van der Waals surface area contributed by atoms with Crippen molar-refractivity contribution in [3.63, 3.8) is 0 Å². The molecule has 2 aromatic carbocycles. The van der Waals surface area contributed by atoms with Gasteiger partial charge >= 0.3 is 0 Å². The van der Waals surface area contributed by atoms with Gasteiger partial charge in [0.25, 0.3) is 0 Å². The van der Waals surface area contributed by atoms with Crippen molar-refractivity contribution in [3.8, 4) is 5.75 Å². The minimum atomic E-state index is -0.533. The highest BCUT2D eigenvalue weighted by Gasteiger charge is 2.20. The highest BCUT2D eigenvalue weighted by Crippen LogP contribution is 2.21. The lowest BCUT2D eigenvalue weighted by molar-refractivity contribution is 0.0632. The van der Waals surface area contributed by atoms with Crippen LogP contribution in [0.2, 0.25) is 0 Å². The van der Waals surface area contributed by atoms with Crippen molar-refractivity contribution in [2.24, 2.45) is 0 Å². The van der Waals surface area contributed by atoms with Crippen LogP contribution in [0.3, 0.4) is 0 Å². The first-order valence-corrected chi connectivity index (χ1v) is 8.58. The number of aliphatic hydroxyl groups is 1. The maximum Gasteiger partial charge on any atom is 0.120 e. The van der Waals surface area contributed by atoms with Crippen molar-refractivity contribution >= 4 is 10.8 Å². The molecular formula is C20H21N3O2.